The van der Waals surface area contributed by atoms with Gasteiger partial charge in [-0.25, -0.2) is 0 Å². The van der Waals surface area contributed by atoms with Crippen LogP contribution in [0.3, 0.4) is 0 Å². The summed E-state index contributed by atoms with van der Waals surface area (Å²) in [5, 5.41) is 3.56. The Morgan fingerprint density at radius 1 is 1.06 bits per heavy atom. The number of nitrogens with zero attached hydrogens (tertiary/aromatic N) is 1. The second kappa shape index (κ2) is 5.09. The summed E-state index contributed by atoms with van der Waals surface area (Å²) in [5.41, 5.74) is 2.89. The summed E-state index contributed by atoms with van der Waals surface area (Å²) in [6.45, 7) is 3.68. The van der Waals surface area contributed by atoms with Gasteiger partial charge in [0.05, 0.1) is 0 Å². The Bertz CT molecular complexity index is 346. The zero-order valence-electron chi connectivity index (χ0n) is 10.5. The van der Waals surface area contributed by atoms with Crippen molar-refractivity contribution in [1.82, 2.24) is 5.32 Å². The van der Waals surface area contributed by atoms with Gasteiger partial charge < -0.3 is 10.2 Å². The molecule has 0 aromatic heterocycles. The van der Waals surface area contributed by atoms with E-state index < -0.39 is 0 Å². The van der Waals surface area contributed by atoms with E-state index in [2.05, 4.69) is 34.5 Å². The third-order valence-electron chi connectivity index (χ3n) is 4.05. The fourth-order valence-electron chi connectivity index (χ4n) is 3.03. The summed E-state index contributed by atoms with van der Waals surface area (Å²) < 4.78 is 0. The molecular weight excluding hydrogens is 208 g/mol. The van der Waals surface area contributed by atoms with E-state index in [-0.39, 0.29) is 0 Å². The molecule has 1 N–H and O–H groups in total. The quantitative estimate of drug-likeness (QED) is 0.858. The number of anilines is 1. The van der Waals surface area contributed by atoms with E-state index in [0.29, 0.717) is 6.04 Å². The second-order valence-electron chi connectivity index (χ2n) is 5.36. The van der Waals surface area contributed by atoms with Crippen LogP contribution in [0, 0.1) is 0 Å². The summed E-state index contributed by atoms with van der Waals surface area (Å²) >= 11 is 0. The van der Waals surface area contributed by atoms with Crippen LogP contribution in [0.15, 0.2) is 24.3 Å². The van der Waals surface area contributed by atoms with Crippen LogP contribution in [-0.2, 0) is 6.42 Å². The Kier molecular flexibility index (Phi) is 3.32. The van der Waals surface area contributed by atoms with E-state index >= 15 is 0 Å². The number of rotatable bonds is 3. The first-order chi connectivity index (χ1) is 8.42. The highest BCUT2D eigenvalue weighted by Gasteiger charge is 2.15. The molecule has 0 aliphatic carbocycles. The average Bonchev–Trinajstić information content (AvgIpc) is 3.01. The number of nitrogens with one attached hydrogen (secondary N) is 1. The summed E-state index contributed by atoms with van der Waals surface area (Å²) in [6, 6.07) is 9.94. The normalized spacial score (nSPS) is 24.5. The largest absolute Gasteiger partial charge is 0.372 e. The van der Waals surface area contributed by atoms with E-state index in [0.717, 1.165) is 0 Å². The van der Waals surface area contributed by atoms with E-state index in [1.807, 2.05) is 0 Å². The van der Waals surface area contributed by atoms with Crippen LogP contribution in [0.2, 0.25) is 0 Å². The van der Waals surface area contributed by atoms with Crippen molar-refractivity contribution in [2.24, 2.45) is 0 Å². The smallest absolute Gasteiger partial charge is 0.0366 e. The number of hydrogen-bond donors (Lipinski definition) is 1. The molecule has 1 aromatic carbocycles. The molecule has 0 spiro atoms. The van der Waals surface area contributed by atoms with Gasteiger partial charge in [-0.05, 0) is 56.3 Å². The van der Waals surface area contributed by atoms with Gasteiger partial charge in [0.1, 0.15) is 0 Å². The second-order valence-corrected chi connectivity index (χ2v) is 5.36. The van der Waals surface area contributed by atoms with Crippen molar-refractivity contribution in [2.45, 2.75) is 38.1 Å². The van der Waals surface area contributed by atoms with Gasteiger partial charge in [0.25, 0.3) is 0 Å². The molecule has 0 amide bonds. The molecule has 2 saturated heterocycles. The fraction of sp³-hybridized carbons (Fsp3) is 0.600. The van der Waals surface area contributed by atoms with Gasteiger partial charge in [0.15, 0.2) is 0 Å². The monoisotopic (exact) mass is 230 g/mol. The van der Waals surface area contributed by atoms with Gasteiger partial charge in [-0.3, -0.25) is 0 Å². The molecule has 2 heteroatoms. The molecular formula is C15H22N2. The van der Waals surface area contributed by atoms with Crippen molar-refractivity contribution in [1.29, 1.82) is 0 Å². The molecule has 2 aliphatic heterocycles. The maximum atomic E-state index is 3.56. The van der Waals surface area contributed by atoms with Crippen molar-refractivity contribution < 1.29 is 0 Å². The lowest BCUT2D eigenvalue weighted by Crippen LogP contribution is -2.23. The molecule has 0 bridgehead atoms. The summed E-state index contributed by atoms with van der Waals surface area (Å²) in [4.78, 5) is 2.50. The highest BCUT2D eigenvalue weighted by Crippen LogP contribution is 2.21. The summed E-state index contributed by atoms with van der Waals surface area (Å²) in [5.74, 6) is 0. The van der Waals surface area contributed by atoms with Crippen molar-refractivity contribution in [3.05, 3.63) is 29.8 Å². The van der Waals surface area contributed by atoms with Gasteiger partial charge in [-0.15, -0.1) is 0 Å². The van der Waals surface area contributed by atoms with E-state index in [1.54, 1.807) is 0 Å². The van der Waals surface area contributed by atoms with Crippen LogP contribution in [0.25, 0.3) is 0 Å². The molecule has 3 rings (SSSR count). The molecule has 2 aliphatic rings. The van der Waals surface area contributed by atoms with E-state index in [9.17, 15) is 0 Å². The first kappa shape index (κ1) is 11.1. The SMILES string of the molecule is c1cc(N2CCCC2)ccc1CC1CCCN1. The molecule has 1 aromatic rings. The molecule has 0 radical (unpaired) electrons. The minimum Gasteiger partial charge on any atom is -0.372 e. The zero-order chi connectivity index (χ0) is 11.5. The summed E-state index contributed by atoms with van der Waals surface area (Å²) in [6.07, 6.45) is 6.59. The minimum absolute atomic E-state index is 0.715. The van der Waals surface area contributed by atoms with Gasteiger partial charge in [-0.1, -0.05) is 12.1 Å². The third-order valence-corrected chi connectivity index (χ3v) is 4.05. The van der Waals surface area contributed by atoms with E-state index in [4.69, 9.17) is 0 Å². The molecule has 2 heterocycles. The number of benzene rings is 1. The highest BCUT2D eigenvalue weighted by molar-refractivity contribution is 5.48. The Labute approximate surface area is 104 Å². The van der Waals surface area contributed by atoms with Crippen LogP contribution < -0.4 is 10.2 Å². The Morgan fingerprint density at radius 3 is 2.47 bits per heavy atom. The maximum absolute atomic E-state index is 3.56. The lowest BCUT2D eigenvalue weighted by Gasteiger charge is -2.18. The van der Waals surface area contributed by atoms with Crippen LogP contribution >= 0.6 is 0 Å². The maximum Gasteiger partial charge on any atom is 0.0366 e. The van der Waals surface area contributed by atoms with E-state index in [1.165, 1.54) is 63.0 Å². The molecule has 2 nitrogen and oxygen atoms in total. The molecule has 0 saturated carbocycles. The van der Waals surface area contributed by atoms with Crippen molar-refractivity contribution >= 4 is 5.69 Å². The molecule has 1 unspecified atom stereocenters. The zero-order valence-corrected chi connectivity index (χ0v) is 10.5. The first-order valence-electron chi connectivity index (χ1n) is 6.99. The Balaban J connectivity index is 1.62. The minimum atomic E-state index is 0.715. The van der Waals surface area contributed by atoms with Crippen LogP contribution in [-0.4, -0.2) is 25.7 Å². The van der Waals surface area contributed by atoms with Crippen LogP contribution in [0.5, 0.6) is 0 Å². The molecule has 2 fully saturated rings. The Hall–Kier alpha value is -1.02. The Morgan fingerprint density at radius 2 is 1.82 bits per heavy atom. The van der Waals surface area contributed by atoms with Crippen LogP contribution in [0.4, 0.5) is 5.69 Å². The van der Waals surface area contributed by atoms with Crippen molar-refractivity contribution in [3.63, 3.8) is 0 Å². The fourth-order valence-corrected chi connectivity index (χ4v) is 3.03. The lowest BCUT2D eigenvalue weighted by molar-refractivity contribution is 0.603. The number of hydrogen-bond acceptors (Lipinski definition) is 2. The predicted octanol–water partition coefficient (Wildman–Crippen LogP) is 2.58. The topological polar surface area (TPSA) is 15.3 Å². The summed E-state index contributed by atoms with van der Waals surface area (Å²) in [7, 11) is 0. The standard InChI is InChI=1S/C15H22N2/c1-2-11-17(10-1)15-7-5-13(6-8-15)12-14-4-3-9-16-14/h5-8,14,16H,1-4,9-12H2. The first-order valence-corrected chi connectivity index (χ1v) is 6.99. The van der Waals surface area contributed by atoms with Crippen LogP contribution in [0.1, 0.15) is 31.2 Å². The molecule has 92 valence electrons. The van der Waals surface area contributed by atoms with Crippen molar-refractivity contribution in [3.8, 4) is 0 Å². The van der Waals surface area contributed by atoms with Gasteiger partial charge in [0, 0.05) is 24.8 Å². The average molecular weight is 230 g/mol. The molecule has 17 heavy (non-hydrogen) atoms. The highest BCUT2D eigenvalue weighted by atomic mass is 15.1. The lowest BCUT2D eigenvalue weighted by atomic mass is 10.0. The predicted molar refractivity (Wildman–Crippen MR) is 72.6 cm³/mol. The van der Waals surface area contributed by atoms with Gasteiger partial charge in [-0.2, -0.15) is 0 Å². The molecule has 1 atom stereocenters. The third kappa shape index (κ3) is 2.63. The van der Waals surface area contributed by atoms with Crippen molar-refractivity contribution in [2.75, 3.05) is 24.5 Å². The van der Waals surface area contributed by atoms with Gasteiger partial charge in [0.2, 0.25) is 0 Å². The van der Waals surface area contributed by atoms with Gasteiger partial charge >= 0.3 is 0 Å².